The average Bonchev–Trinajstić information content (AvgIpc) is 2.63. The molecule has 6 heteroatoms. The van der Waals surface area contributed by atoms with Crippen LogP contribution in [-0.2, 0) is 0 Å². The number of amides is 1. The van der Waals surface area contributed by atoms with E-state index in [1.807, 2.05) is 19.1 Å². The van der Waals surface area contributed by atoms with E-state index in [1.165, 1.54) is 0 Å². The van der Waals surface area contributed by atoms with Crippen LogP contribution >= 0.6 is 11.6 Å². The van der Waals surface area contributed by atoms with E-state index in [4.69, 9.17) is 16.3 Å². The molecule has 0 radical (unpaired) electrons. The second-order valence-electron chi connectivity index (χ2n) is 5.18. The molecule has 0 bridgehead atoms. The van der Waals surface area contributed by atoms with Crippen LogP contribution in [0.4, 0.5) is 5.69 Å². The van der Waals surface area contributed by atoms with Gasteiger partial charge in [-0.2, -0.15) is 0 Å². The maximum atomic E-state index is 12.3. The molecule has 1 aromatic carbocycles. The van der Waals surface area contributed by atoms with Gasteiger partial charge >= 0.3 is 0 Å². The van der Waals surface area contributed by atoms with Gasteiger partial charge in [0.1, 0.15) is 11.4 Å². The highest BCUT2D eigenvalue weighted by Gasteiger charge is 2.10. The van der Waals surface area contributed by atoms with Gasteiger partial charge in [0, 0.05) is 29.7 Å². The average molecular weight is 354 g/mol. The van der Waals surface area contributed by atoms with Gasteiger partial charge in [0.15, 0.2) is 0 Å². The SMILES string of the molecule is CCOc1cccc(NC(=O)c2ccc(-c3ncccc3Cl)cn2)c1. The van der Waals surface area contributed by atoms with Gasteiger partial charge in [0.2, 0.25) is 0 Å². The minimum Gasteiger partial charge on any atom is -0.494 e. The van der Waals surface area contributed by atoms with Crippen molar-refractivity contribution in [3.8, 4) is 17.0 Å². The molecule has 0 unspecified atom stereocenters. The second kappa shape index (κ2) is 7.77. The van der Waals surface area contributed by atoms with E-state index in [2.05, 4.69) is 15.3 Å². The summed E-state index contributed by atoms with van der Waals surface area (Å²) in [6.07, 6.45) is 3.24. The van der Waals surface area contributed by atoms with Crippen LogP contribution in [0.5, 0.6) is 5.75 Å². The summed E-state index contributed by atoms with van der Waals surface area (Å²) in [7, 11) is 0. The predicted octanol–water partition coefficient (Wildman–Crippen LogP) is 4.45. The van der Waals surface area contributed by atoms with Gasteiger partial charge < -0.3 is 10.1 Å². The Kier molecular flexibility index (Phi) is 5.26. The summed E-state index contributed by atoms with van der Waals surface area (Å²) in [4.78, 5) is 20.8. The van der Waals surface area contributed by atoms with E-state index in [-0.39, 0.29) is 5.91 Å². The standard InChI is InChI=1S/C19H16ClN3O2/c1-2-25-15-6-3-5-14(11-15)23-19(24)17-9-8-13(12-22-17)18-16(20)7-4-10-21-18/h3-12H,2H2,1H3,(H,23,24). The maximum absolute atomic E-state index is 12.3. The quantitative estimate of drug-likeness (QED) is 0.736. The zero-order valence-corrected chi connectivity index (χ0v) is 14.3. The molecule has 0 spiro atoms. The zero-order chi connectivity index (χ0) is 17.6. The molecule has 0 aliphatic rings. The summed E-state index contributed by atoms with van der Waals surface area (Å²) in [5, 5.41) is 3.34. The van der Waals surface area contributed by atoms with E-state index >= 15 is 0 Å². The van der Waals surface area contributed by atoms with Gasteiger partial charge in [-0.15, -0.1) is 0 Å². The number of rotatable bonds is 5. The van der Waals surface area contributed by atoms with E-state index in [0.29, 0.717) is 34.5 Å². The van der Waals surface area contributed by atoms with Crippen molar-refractivity contribution in [2.45, 2.75) is 6.92 Å². The molecule has 25 heavy (non-hydrogen) atoms. The molecule has 3 rings (SSSR count). The Labute approximate surface area is 150 Å². The van der Waals surface area contributed by atoms with Gasteiger partial charge in [0.25, 0.3) is 5.91 Å². The third-order valence-corrected chi connectivity index (χ3v) is 3.74. The number of nitrogens with one attached hydrogen (secondary N) is 1. The Hall–Kier alpha value is -2.92. The lowest BCUT2D eigenvalue weighted by atomic mass is 10.1. The first-order valence-corrected chi connectivity index (χ1v) is 8.16. The Morgan fingerprint density at radius 3 is 2.76 bits per heavy atom. The van der Waals surface area contributed by atoms with E-state index in [0.717, 1.165) is 5.56 Å². The molecular weight excluding hydrogens is 338 g/mol. The molecule has 5 nitrogen and oxygen atoms in total. The Morgan fingerprint density at radius 2 is 2.04 bits per heavy atom. The molecule has 2 aromatic heterocycles. The molecule has 0 saturated heterocycles. The van der Waals surface area contributed by atoms with Crippen LogP contribution in [0.1, 0.15) is 17.4 Å². The number of hydrogen-bond acceptors (Lipinski definition) is 4. The third-order valence-electron chi connectivity index (χ3n) is 3.43. The fourth-order valence-electron chi connectivity index (χ4n) is 2.29. The first-order valence-electron chi connectivity index (χ1n) is 7.78. The minimum absolute atomic E-state index is 0.299. The van der Waals surface area contributed by atoms with Crippen molar-refractivity contribution in [2.75, 3.05) is 11.9 Å². The lowest BCUT2D eigenvalue weighted by Crippen LogP contribution is -2.13. The minimum atomic E-state index is -0.299. The van der Waals surface area contributed by atoms with Crippen LogP contribution < -0.4 is 10.1 Å². The van der Waals surface area contributed by atoms with Gasteiger partial charge in [-0.3, -0.25) is 14.8 Å². The van der Waals surface area contributed by atoms with Gasteiger partial charge in [-0.1, -0.05) is 17.7 Å². The summed E-state index contributed by atoms with van der Waals surface area (Å²) in [5.41, 5.74) is 2.33. The zero-order valence-electron chi connectivity index (χ0n) is 13.6. The predicted molar refractivity (Wildman–Crippen MR) is 98.0 cm³/mol. The summed E-state index contributed by atoms with van der Waals surface area (Å²) in [6, 6.07) is 14.1. The Balaban J connectivity index is 1.75. The largest absolute Gasteiger partial charge is 0.494 e. The highest BCUT2D eigenvalue weighted by atomic mass is 35.5. The number of nitrogens with zero attached hydrogens (tertiary/aromatic N) is 2. The van der Waals surface area contributed by atoms with Crippen molar-refractivity contribution in [3.63, 3.8) is 0 Å². The van der Waals surface area contributed by atoms with Crippen LogP contribution in [0.25, 0.3) is 11.3 Å². The first kappa shape index (κ1) is 16.9. The lowest BCUT2D eigenvalue weighted by molar-refractivity contribution is 0.102. The second-order valence-corrected chi connectivity index (χ2v) is 5.59. The van der Waals surface area contributed by atoms with Gasteiger partial charge in [0.05, 0.1) is 17.3 Å². The Morgan fingerprint density at radius 1 is 1.16 bits per heavy atom. The molecule has 0 aliphatic carbocycles. The van der Waals surface area contributed by atoms with E-state index < -0.39 is 0 Å². The monoisotopic (exact) mass is 353 g/mol. The highest BCUT2D eigenvalue weighted by Crippen LogP contribution is 2.24. The van der Waals surface area contributed by atoms with Crippen molar-refractivity contribution in [1.29, 1.82) is 0 Å². The fraction of sp³-hybridized carbons (Fsp3) is 0.105. The number of pyridine rings is 2. The number of aromatic nitrogens is 2. The number of carbonyl (C=O) groups excluding carboxylic acids is 1. The summed E-state index contributed by atoms with van der Waals surface area (Å²) >= 11 is 6.13. The molecule has 0 atom stereocenters. The summed E-state index contributed by atoms with van der Waals surface area (Å²) < 4.78 is 5.42. The summed E-state index contributed by atoms with van der Waals surface area (Å²) in [5.74, 6) is 0.403. The molecular formula is C19H16ClN3O2. The van der Waals surface area contributed by atoms with Crippen molar-refractivity contribution in [1.82, 2.24) is 9.97 Å². The van der Waals surface area contributed by atoms with Crippen LogP contribution in [0.2, 0.25) is 5.02 Å². The topological polar surface area (TPSA) is 64.1 Å². The number of halogens is 1. The number of carbonyl (C=O) groups is 1. The number of ether oxygens (including phenoxy) is 1. The van der Waals surface area contributed by atoms with Crippen molar-refractivity contribution in [3.05, 3.63) is 71.6 Å². The molecule has 0 aliphatic heterocycles. The van der Waals surface area contributed by atoms with Crippen LogP contribution in [0.15, 0.2) is 60.9 Å². The number of benzene rings is 1. The van der Waals surface area contributed by atoms with Crippen LogP contribution in [0, 0.1) is 0 Å². The first-order chi connectivity index (χ1) is 12.2. The van der Waals surface area contributed by atoms with Gasteiger partial charge in [-0.05, 0) is 43.3 Å². The number of anilines is 1. The normalized spacial score (nSPS) is 10.3. The maximum Gasteiger partial charge on any atom is 0.274 e. The number of hydrogen-bond donors (Lipinski definition) is 1. The lowest BCUT2D eigenvalue weighted by Gasteiger charge is -2.08. The fourth-order valence-corrected chi connectivity index (χ4v) is 2.52. The molecule has 2 heterocycles. The molecule has 0 fully saturated rings. The van der Waals surface area contributed by atoms with Gasteiger partial charge in [-0.25, -0.2) is 0 Å². The molecule has 3 aromatic rings. The Bertz CT molecular complexity index is 882. The van der Waals surface area contributed by atoms with E-state index in [9.17, 15) is 4.79 Å². The third kappa shape index (κ3) is 4.14. The van der Waals surface area contributed by atoms with E-state index in [1.54, 1.807) is 48.8 Å². The molecule has 1 N–H and O–H groups in total. The van der Waals surface area contributed by atoms with Crippen molar-refractivity contribution >= 4 is 23.2 Å². The highest BCUT2D eigenvalue weighted by molar-refractivity contribution is 6.33. The molecule has 1 amide bonds. The molecule has 0 saturated carbocycles. The molecule has 126 valence electrons. The van der Waals surface area contributed by atoms with Crippen molar-refractivity contribution in [2.24, 2.45) is 0 Å². The van der Waals surface area contributed by atoms with Crippen molar-refractivity contribution < 1.29 is 9.53 Å². The smallest absolute Gasteiger partial charge is 0.274 e. The van der Waals surface area contributed by atoms with Crippen LogP contribution in [-0.4, -0.2) is 22.5 Å². The van der Waals surface area contributed by atoms with Crippen LogP contribution in [0.3, 0.4) is 0 Å². The summed E-state index contributed by atoms with van der Waals surface area (Å²) in [6.45, 7) is 2.47.